The highest BCUT2D eigenvalue weighted by Crippen LogP contribution is 2.14. The van der Waals surface area contributed by atoms with Gasteiger partial charge in [0.25, 0.3) is 5.91 Å². The first kappa shape index (κ1) is 14.9. The summed E-state index contributed by atoms with van der Waals surface area (Å²) in [6.07, 6.45) is 3.17. The molecule has 0 atom stereocenters. The third-order valence-electron chi connectivity index (χ3n) is 3.13. The Labute approximate surface area is 122 Å². The molecule has 1 heterocycles. The van der Waals surface area contributed by atoms with Crippen LogP contribution >= 0.6 is 0 Å². The smallest absolute Gasteiger partial charge is 0.325 e. The fourth-order valence-electron chi connectivity index (χ4n) is 1.95. The molecule has 2 aromatic rings. The lowest BCUT2D eigenvalue weighted by Gasteiger charge is -2.25. The first-order chi connectivity index (χ1) is 10.0. The van der Waals surface area contributed by atoms with Gasteiger partial charge in [-0.15, -0.1) is 0 Å². The Morgan fingerprint density at radius 2 is 1.86 bits per heavy atom. The minimum Gasteiger partial charge on any atom is -0.468 e. The number of hydrogen-bond acceptors (Lipinski definition) is 5. The molecule has 1 aromatic carbocycles. The van der Waals surface area contributed by atoms with E-state index >= 15 is 0 Å². The molecule has 6 nitrogen and oxygen atoms in total. The molecule has 0 aliphatic carbocycles. The van der Waals surface area contributed by atoms with Crippen molar-refractivity contribution in [1.29, 1.82) is 0 Å². The van der Waals surface area contributed by atoms with Crippen molar-refractivity contribution in [1.82, 2.24) is 14.9 Å². The van der Waals surface area contributed by atoms with Gasteiger partial charge in [-0.25, -0.2) is 0 Å². The summed E-state index contributed by atoms with van der Waals surface area (Å²) < 4.78 is 4.63. The normalized spacial score (nSPS) is 10.7. The number of hydrogen-bond donors (Lipinski definition) is 0. The van der Waals surface area contributed by atoms with E-state index in [0.717, 1.165) is 5.52 Å². The van der Waals surface area contributed by atoms with Gasteiger partial charge in [0.15, 0.2) is 0 Å². The maximum atomic E-state index is 12.6. The largest absolute Gasteiger partial charge is 0.468 e. The molecule has 110 valence electrons. The molecular formula is C15H17N3O3. The van der Waals surface area contributed by atoms with Crippen LogP contribution in [0.4, 0.5) is 0 Å². The minimum atomic E-state index is -0.447. The molecule has 0 aliphatic rings. The van der Waals surface area contributed by atoms with E-state index in [1.54, 1.807) is 30.6 Å². The van der Waals surface area contributed by atoms with Crippen molar-refractivity contribution in [3.05, 3.63) is 36.2 Å². The Balaban J connectivity index is 2.31. The number of rotatable bonds is 4. The standard InChI is InChI=1S/C15H17N3O3/c1-10(2)18(9-14(19)21-3)15(20)11-4-5-12-13(8-11)17-7-6-16-12/h4-8,10H,9H2,1-3H3. The lowest BCUT2D eigenvalue weighted by molar-refractivity contribution is -0.141. The quantitative estimate of drug-likeness (QED) is 0.800. The van der Waals surface area contributed by atoms with E-state index in [0.29, 0.717) is 11.1 Å². The van der Waals surface area contributed by atoms with Crippen LogP contribution in [0.15, 0.2) is 30.6 Å². The molecule has 0 spiro atoms. The number of methoxy groups -OCH3 is 1. The molecule has 21 heavy (non-hydrogen) atoms. The predicted octanol–water partition coefficient (Wildman–Crippen LogP) is 1.65. The van der Waals surface area contributed by atoms with Crippen LogP contribution in [0.5, 0.6) is 0 Å². The van der Waals surface area contributed by atoms with Crippen LogP contribution < -0.4 is 0 Å². The average Bonchev–Trinajstić information content (AvgIpc) is 2.50. The van der Waals surface area contributed by atoms with E-state index in [2.05, 4.69) is 14.7 Å². The molecule has 0 radical (unpaired) electrons. The molecular weight excluding hydrogens is 270 g/mol. The van der Waals surface area contributed by atoms with E-state index in [-0.39, 0.29) is 18.5 Å². The first-order valence-electron chi connectivity index (χ1n) is 6.61. The maximum absolute atomic E-state index is 12.6. The maximum Gasteiger partial charge on any atom is 0.325 e. The second-order valence-corrected chi connectivity index (χ2v) is 4.86. The highest BCUT2D eigenvalue weighted by atomic mass is 16.5. The molecule has 0 aliphatic heterocycles. The van der Waals surface area contributed by atoms with Crippen molar-refractivity contribution < 1.29 is 14.3 Å². The number of carbonyl (C=O) groups is 2. The minimum absolute atomic E-state index is 0.0779. The van der Waals surface area contributed by atoms with Gasteiger partial charge in [-0.05, 0) is 32.0 Å². The van der Waals surface area contributed by atoms with Crippen molar-refractivity contribution in [2.24, 2.45) is 0 Å². The summed E-state index contributed by atoms with van der Waals surface area (Å²) in [5.74, 6) is -0.680. The van der Waals surface area contributed by atoms with Gasteiger partial charge in [0, 0.05) is 24.0 Å². The summed E-state index contributed by atoms with van der Waals surface area (Å²) in [5, 5.41) is 0. The monoisotopic (exact) mass is 287 g/mol. The Kier molecular flexibility index (Phi) is 4.47. The molecule has 0 saturated carbocycles. The summed E-state index contributed by atoms with van der Waals surface area (Å²) >= 11 is 0. The SMILES string of the molecule is COC(=O)CN(C(=O)c1ccc2nccnc2c1)C(C)C. The number of nitrogens with zero attached hydrogens (tertiary/aromatic N) is 3. The molecule has 0 bridgehead atoms. The van der Waals surface area contributed by atoms with Crippen LogP contribution in [-0.2, 0) is 9.53 Å². The average molecular weight is 287 g/mol. The molecule has 6 heteroatoms. The van der Waals surface area contributed by atoms with Gasteiger partial charge in [-0.2, -0.15) is 0 Å². The number of carbonyl (C=O) groups excluding carboxylic acids is 2. The van der Waals surface area contributed by atoms with Crippen molar-refractivity contribution >= 4 is 22.9 Å². The Morgan fingerprint density at radius 3 is 2.48 bits per heavy atom. The van der Waals surface area contributed by atoms with Crippen molar-refractivity contribution in [2.45, 2.75) is 19.9 Å². The second-order valence-electron chi connectivity index (χ2n) is 4.86. The molecule has 0 N–H and O–H groups in total. The lowest BCUT2D eigenvalue weighted by Crippen LogP contribution is -2.41. The van der Waals surface area contributed by atoms with Crippen molar-refractivity contribution in [3.63, 3.8) is 0 Å². The van der Waals surface area contributed by atoms with Crippen LogP contribution in [0.3, 0.4) is 0 Å². The van der Waals surface area contributed by atoms with Gasteiger partial charge in [0.05, 0.1) is 18.1 Å². The number of aromatic nitrogens is 2. The molecule has 0 saturated heterocycles. The molecule has 1 aromatic heterocycles. The van der Waals surface area contributed by atoms with Crippen LogP contribution in [0.1, 0.15) is 24.2 Å². The van der Waals surface area contributed by atoms with E-state index in [9.17, 15) is 9.59 Å². The lowest BCUT2D eigenvalue weighted by atomic mass is 10.1. The Bertz CT molecular complexity index is 670. The zero-order chi connectivity index (χ0) is 15.4. The van der Waals surface area contributed by atoms with Gasteiger partial charge in [-0.1, -0.05) is 0 Å². The summed E-state index contributed by atoms with van der Waals surface area (Å²) in [4.78, 5) is 33.8. The van der Waals surface area contributed by atoms with Crippen LogP contribution in [0, 0.1) is 0 Å². The first-order valence-corrected chi connectivity index (χ1v) is 6.61. The van der Waals surface area contributed by atoms with Gasteiger partial charge >= 0.3 is 5.97 Å². The number of ether oxygens (including phenoxy) is 1. The third kappa shape index (κ3) is 3.34. The van der Waals surface area contributed by atoms with Gasteiger partial charge in [0.2, 0.25) is 0 Å². The van der Waals surface area contributed by atoms with Crippen LogP contribution in [-0.4, -0.2) is 46.4 Å². The Morgan fingerprint density at radius 1 is 1.19 bits per heavy atom. The van der Waals surface area contributed by atoms with Gasteiger partial charge in [-0.3, -0.25) is 19.6 Å². The predicted molar refractivity (Wildman–Crippen MR) is 77.7 cm³/mol. The van der Waals surface area contributed by atoms with Crippen molar-refractivity contribution in [3.8, 4) is 0 Å². The van der Waals surface area contributed by atoms with Crippen LogP contribution in [0.25, 0.3) is 11.0 Å². The van der Waals surface area contributed by atoms with E-state index in [4.69, 9.17) is 0 Å². The summed E-state index contributed by atoms with van der Waals surface area (Å²) in [7, 11) is 1.30. The molecule has 0 unspecified atom stereocenters. The third-order valence-corrected chi connectivity index (χ3v) is 3.13. The summed E-state index contributed by atoms with van der Waals surface area (Å²) in [5.41, 5.74) is 1.84. The second kappa shape index (κ2) is 6.30. The molecule has 0 fully saturated rings. The fourth-order valence-corrected chi connectivity index (χ4v) is 1.95. The molecule has 2 rings (SSSR count). The van der Waals surface area contributed by atoms with E-state index in [1.165, 1.54) is 12.0 Å². The zero-order valence-corrected chi connectivity index (χ0v) is 12.2. The highest BCUT2D eigenvalue weighted by Gasteiger charge is 2.22. The Hall–Kier alpha value is -2.50. The summed E-state index contributed by atoms with van der Waals surface area (Å²) in [6.45, 7) is 3.62. The topological polar surface area (TPSA) is 72.4 Å². The fraction of sp³-hybridized carbons (Fsp3) is 0.333. The number of amides is 1. The number of benzene rings is 1. The number of fused-ring (bicyclic) bond motifs is 1. The summed E-state index contributed by atoms with van der Waals surface area (Å²) in [6, 6.07) is 4.99. The van der Waals surface area contributed by atoms with Gasteiger partial charge in [0.1, 0.15) is 6.54 Å². The van der Waals surface area contributed by atoms with Gasteiger partial charge < -0.3 is 9.64 Å². The van der Waals surface area contributed by atoms with Crippen LogP contribution in [0.2, 0.25) is 0 Å². The van der Waals surface area contributed by atoms with Crippen molar-refractivity contribution in [2.75, 3.05) is 13.7 Å². The van der Waals surface area contributed by atoms with E-state index in [1.807, 2.05) is 13.8 Å². The molecule has 1 amide bonds. The highest BCUT2D eigenvalue weighted by molar-refractivity contribution is 5.98. The zero-order valence-electron chi connectivity index (χ0n) is 12.2. The van der Waals surface area contributed by atoms with E-state index < -0.39 is 5.97 Å². The number of esters is 1.